The minimum Gasteiger partial charge on any atom is -0.308 e. The Morgan fingerprint density at radius 1 is 1.41 bits per heavy atom. The fourth-order valence-electron chi connectivity index (χ4n) is 1.92. The van der Waals surface area contributed by atoms with E-state index in [-0.39, 0.29) is 0 Å². The molecular weight excluding hydrogens is 230 g/mol. The van der Waals surface area contributed by atoms with Crippen LogP contribution in [0.1, 0.15) is 23.4 Å². The number of thiophene rings is 1. The van der Waals surface area contributed by atoms with Crippen LogP contribution in [-0.2, 0) is 19.5 Å². The maximum Gasteiger partial charge on any atom is 0.0522 e. The summed E-state index contributed by atoms with van der Waals surface area (Å²) in [6, 6.07) is 7.18. The van der Waals surface area contributed by atoms with Crippen LogP contribution in [-0.4, -0.2) is 15.8 Å². The number of nitrogens with zero attached hydrogens (tertiary/aromatic N) is 2. The van der Waals surface area contributed by atoms with Crippen LogP contribution in [0.2, 0.25) is 0 Å². The predicted octanol–water partition coefficient (Wildman–Crippen LogP) is 2.44. The van der Waals surface area contributed by atoms with Gasteiger partial charge in [0.05, 0.1) is 5.69 Å². The lowest BCUT2D eigenvalue weighted by atomic mass is 10.3. The summed E-state index contributed by atoms with van der Waals surface area (Å²) in [6.07, 6.45) is 5.65. The predicted molar refractivity (Wildman–Crippen MR) is 70.1 cm³/mol. The van der Waals surface area contributed by atoms with Gasteiger partial charge < -0.3 is 5.32 Å². The quantitative estimate of drug-likeness (QED) is 0.849. The molecule has 4 heteroatoms. The van der Waals surface area contributed by atoms with Crippen molar-refractivity contribution in [3.63, 3.8) is 0 Å². The maximum atomic E-state index is 4.40. The van der Waals surface area contributed by atoms with Gasteiger partial charge in [-0.15, -0.1) is 11.3 Å². The van der Waals surface area contributed by atoms with Crippen LogP contribution in [0.25, 0.3) is 0 Å². The van der Waals surface area contributed by atoms with Gasteiger partial charge in [0.2, 0.25) is 0 Å². The third-order valence-corrected chi connectivity index (χ3v) is 4.04. The Hall–Kier alpha value is -1.13. The average molecular weight is 247 g/mol. The van der Waals surface area contributed by atoms with Gasteiger partial charge in [-0.3, -0.25) is 4.68 Å². The van der Waals surface area contributed by atoms with Crippen LogP contribution in [0.4, 0.5) is 0 Å². The van der Waals surface area contributed by atoms with Crippen molar-refractivity contribution in [1.29, 1.82) is 0 Å². The molecule has 0 bridgehead atoms. The fraction of sp³-hybridized carbons (Fsp3) is 0.462. The molecule has 0 spiro atoms. The van der Waals surface area contributed by atoms with Crippen LogP contribution in [0.3, 0.4) is 0 Å². The van der Waals surface area contributed by atoms with Crippen molar-refractivity contribution < 1.29 is 0 Å². The average Bonchev–Trinajstić information content (AvgIpc) is 2.86. The van der Waals surface area contributed by atoms with Crippen LogP contribution in [0.5, 0.6) is 0 Å². The molecule has 2 heterocycles. The van der Waals surface area contributed by atoms with Crippen LogP contribution >= 0.6 is 11.3 Å². The minimum atomic E-state index is 0.760. The van der Waals surface area contributed by atoms with Crippen molar-refractivity contribution in [3.05, 3.63) is 40.3 Å². The van der Waals surface area contributed by atoms with Crippen molar-refractivity contribution in [2.75, 3.05) is 0 Å². The molecule has 0 radical (unpaired) electrons. The first-order chi connectivity index (χ1) is 8.42. The van der Waals surface area contributed by atoms with Crippen LogP contribution in [0, 0.1) is 0 Å². The first-order valence-electron chi connectivity index (χ1n) is 6.18. The molecule has 1 aliphatic carbocycles. The summed E-state index contributed by atoms with van der Waals surface area (Å²) >= 11 is 1.82. The van der Waals surface area contributed by atoms with E-state index in [0.717, 1.165) is 25.6 Å². The van der Waals surface area contributed by atoms with E-state index in [0.29, 0.717) is 0 Å². The van der Waals surface area contributed by atoms with Crippen LogP contribution < -0.4 is 5.32 Å². The second-order valence-corrected chi connectivity index (χ2v) is 5.56. The summed E-state index contributed by atoms with van der Waals surface area (Å²) in [5.74, 6) is 0. The number of rotatable bonds is 6. The van der Waals surface area contributed by atoms with Gasteiger partial charge >= 0.3 is 0 Å². The summed E-state index contributed by atoms with van der Waals surface area (Å²) in [6.45, 7) is 1.93. The number of aryl methyl sites for hydroxylation is 2. The van der Waals surface area contributed by atoms with Gasteiger partial charge in [-0.2, -0.15) is 5.10 Å². The van der Waals surface area contributed by atoms with Crippen molar-refractivity contribution in [2.45, 2.75) is 38.4 Å². The van der Waals surface area contributed by atoms with Crippen molar-refractivity contribution in [3.8, 4) is 0 Å². The van der Waals surface area contributed by atoms with Gasteiger partial charge in [0.1, 0.15) is 0 Å². The van der Waals surface area contributed by atoms with Gasteiger partial charge in [0, 0.05) is 36.6 Å². The molecule has 3 rings (SSSR count). The number of hydrogen-bond donors (Lipinski definition) is 1. The lowest BCUT2D eigenvalue weighted by Gasteiger charge is -2.07. The normalized spacial score (nSPS) is 15.3. The zero-order valence-electron chi connectivity index (χ0n) is 9.80. The summed E-state index contributed by atoms with van der Waals surface area (Å²) in [5.41, 5.74) is 1.30. The second kappa shape index (κ2) is 5.02. The Bertz CT molecular complexity index is 457. The summed E-state index contributed by atoms with van der Waals surface area (Å²) < 4.78 is 2.12. The van der Waals surface area contributed by atoms with E-state index < -0.39 is 0 Å². The lowest BCUT2D eigenvalue weighted by molar-refractivity contribution is 0.558. The van der Waals surface area contributed by atoms with E-state index in [4.69, 9.17) is 0 Å². The molecule has 1 saturated carbocycles. The van der Waals surface area contributed by atoms with Crippen molar-refractivity contribution in [1.82, 2.24) is 15.1 Å². The molecule has 0 unspecified atom stereocenters. The van der Waals surface area contributed by atoms with E-state index in [1.54, 1.807) is 0 Å². The highest BCUT2D eigenvalue weighted by Crippen LogP contribution is 2.19. The molecule has 0 amide bonds. The summed E-state index contributed by atoms with van der Waals surface area (Å²) in [5, 5.41) is 10.1. The summed E-state index contributed by atoms with van der Waals surface area (Å²) in [7, 11) is 0. The molecule has 0 atom stereocenters. The maximum absolute atomic E-state index is 4.40. The molecule has 0 aromatic carbocycles. The first kappa shape index (κ1) is 11.0. The second-order valence-electron chi connectivity index (χ2n) is 4.53. The minimum absolute atomic E-state index is 0.760. The van der Waals surface area contributed by atoms with Crippen molar-refractivity contribution >= 4 is 11.3 Å². The molecule has 0 saturated heterocycles. The Balaban J connectivity index is 1.56. The monoisotopic (exact) mass is 247 g/mol. The van der Waals surface area contributed by atoms with Crippen molar-refractivity contribution in [2.24, 2.45) is 0 Å². The Morgan fingerprint density at radius 3 is 3.12 bits per heavy atom. The molecule has 1 aliphatic rings. The standard InChI is InChI=1S/C13H17N3S/c1-2-13(17-9-1)6-8-16-12(5-7-15-16)10-14-11-3-4-11/h1-2,5,7,9,11,14H,3-4,6,8,10H2. The third-order valence-electron chi connectivity index (χ3n) is 3.10. The van der Waals surface area contributed by atoms with E-state index in [1.165, 1.54) is 23.4 Å². The molecule has 90 valence electrons. The van der Waals surface area contributed by atoms with Gasteiger partial charge in [-0.05, 0) is 30.4 Å². The molecule has 0 aliphatic heterocycles. The van der Waals surface area contributed by atoms with Crippen LogP contribution in [0.15, 0.2) is 29.8 Å². The molecule has 1 fully saturated rings. The molecule has 1 N–H and O–H groups in total. The highest BCUT2D eigenvalue weighted by atomic mass is 32.1. The fourth-order valence-corrected chi connectivity index (χ4v) is 2.62. The Kier molecular flexibility index (Phi) is 3.25. The zero-order chi connectivity index (χ0) is 11.5. The Labute approximate surface area is 105 Å². The largest absolute Gasteiger partial charge is 0.308 e. The molecule has 17 heavy (non-hydrogen) atoms. The number of aromatic nitrogens is 2. The third kappa shape index (κ3) is 2.96. The lowest BCUT2D eigenvalue weighted by Crippen LogP contribution is -2.19. The SMILES string of the molecule is c1csc(CCn2nccc2CNC2CC2)c1. The number of hydrogen-bond acceptors (Lipinski definition) is 3. The smallest absolute Gasteiger partial charge is 0.0522 e. The van der Waals surface area contributed by atoms with E-state index in [1.807, 2.05) is 17.5 Å². The van der Waals surface area contributed by atoms with Gasteiger partial charge in [0.25, 0.3) is 0 Å². The van der Waals surface area contributed by atoms with Gasteiger partial charge in [0.15, 0.2) is 0 Å². The van der Waals surface area contributed by atoms with Gasteiger partial charge in [-0.25, -0.2) is 0 Å². The zero-order valence-corrected chi connectivity index (χ0v) is 10.6. The van der Waals surface area contributed by atoms with E-state index in [2.05, 4.69) is 38.7 Å². The topological polar surface area (TPSA) is 29.9 Å². The highest BCUT2D eigenvalue weighted by molar-refractivity contribution is 7.09. The summed E-state index contributed by atoms with van der Waals surface area (Å²) in [4.78, 5) is 1.43. The highest BCUT2D eigenvalue weighted by Gasteiger charge is 2.20. The van der Waals surface area contributed by atoms with Gasteiger partial charge in [-0.1, -0.05) is 6.07 Å². The molecule has 3 nitrogen and oxygen atoms in total. The van der Waals surface area contributed by atoms with E-state index in [9.17, 15) is 0 Å². The van der Waals surface area contributed by atoms with E-state index >= 15 is 0 Å². The first-order valence-corrected chi connectivity index (χ1v) is 7.06. The number of nitrogens with one attached hydrogen (secondary N) is 1. The molecule has 2 aromatic rings. The molecular formula is C13H17N3S. The molecule has 2 aromatic heterocycles. The Morgan fingerprint density at radius 2 is 2.35 bits per heavy atom.